The molecule has 108 valence electrons. The molecule has 0 unspecified atom stereocenters. The monoisotopic (exact) mass is 300 g/mol. The first kappa shape index (κ1) is 15.1. The second-order valence-electron chi connectivity index (χ2n) is 4.36. The smallest absolute Gasteiger partial charge is 0.237 e. The summed E-state index contributed by atoms with van der Waals surface area (Å²) < 4.78 is 0. The van der Waals surface area contributed by atoms with Crippen molar-refractivity contribution in [2.24, 2.45) is 0 Å². The maximum Gasteiger partial charge on any atom is 0.237 e. The highest BCUT2D eigenvalue weighted by Gasteiger charge is 2.12. The lowest BCUT2D eigenvalue weighted by Crippen LogP contribution is -2.28. The molecule has 0 saturated heterocycles. The normalized spacial score (nSPS) is 10.1. The average Bonchev–Trinajstić information content (AvgIpc) is 2.52. The number of hydrogen-bond donors (Lipinski definition) is 0. The Hall–Kier alpha value is -2.27. The van der Waals surface area contributed by atoms with Crippen LogP contribution in [0.3, 0.4) is 0 Å². The van der Waals surface area contributed by atoms with Gasteiger partial charge in [-0.15, -0.1) is 11.8 Å². The van der Waals surface area contributed by atoms with Crippen molar-refractivity contribution in [3.8, 4) is 0 Å². The van der Waals surface area contributed by atoms with Gasteiger partial charge in [-0.05, 0) is 18.2 Å². The summed E-state index contributed by atoms with van der Waals surface area (Å²) in [5, 5.41) is 11.0. The lowest BCUT2D eigenvalue weighted by molar-refractivity contribution is -0.255. The maximum absolute atomic E-state index is 12.1. The molecular weight excluding hydrogens is 286 g/mol. The Morgan fingerprint density at radius 3 is 2.33 bits per heavy atom. The zero-order chi connectivity index (χ0) is 15.2. The highest BCUT2D eigenvalue weighted by Crippen LogP contribution is 2.23. The zero-order valence-corrected chi connectivity index (χ0v) is 12.3. The van der Waals surface area contributed by atoms with Gasteiger partial charge in [0.05, 0.1) is 11.7 Å². The molecule has 0 fully saturated rings. The van der Waals surface area contributed by atoms with Crippen LogP contribution in [0.4, 0.5) is 5.69 Å². The highest BCUT2D eigenvalue weighted by molar-refractivity contribution is 8.00. The lowest BCUT2D eigenvalue weighted by atomic mass is 10.2. The number of carboxylic acids is 1. The molecule has 2 rings (SSSR count). The Balaban J connectivity index is 2.03. The number of rotatable bonds is 5. The van der Waals surface area contributed by atoms with E-state index in [1.165, 1.54) is 17.8 Å². The summed E-state index contributed by atoms with van der Waals surface area (Å²) in [5.74, 6) is -1.17. The number of carbonyl (C=O) groups excluding carboxylic acids is 2. The second-order valence-corrected chi connectivity index (χ2v) is 5.38. The molecule has 0 bridgehead atoms. The standard InChI is InChI=1S/C16H15NO3S/c1-17(12-7-3-2-4-8-12)15(18)11-21-14-10-6-5-9-13(14)16(19)20/h2-10H,11H2,1H3,(H,19,20)/p-1. The molecule has 0 aliphatic carbocycles. The second kappa shape index (κ2) is 6.95. The predicted octanol–water partition coefficient (Wildman–Crippen LogP) is 1.81. The number of aromatic carboxylic acids is 1. The maximum atomic E-state index is 12.1. The van der Waals surface area contributed by atoms with E-state index in [4.69, 9.17) is 0 Å². The van der Waals surface area contributed by atoms with Crippen LogP contribution in [0.5, 0.6) is 0 Å². The molecule has 1 amide bonds. The number of hydrogen-bond acceptors (Lipinski definition) is 4. The average molecular weight is 300 g/mol. The van der Waals surface area contributed by atoms with E-state index in [1.807, 2.05) is 30.3 Å². The van der Waals surface area contributed by atoms with Gasteiger partial charge < -0.3 is 14.8 Å². The summed E-state index contributed by atoms with van der Waals surface area (Å²) in [6.07, 6.45) is 0. The Kier molecular flexibility index (Phi) is 5.00. The third-order valence-electron chi connectivity index (χ3n) is 2.98. The number of carbonyl (C=O) groups is 2. The lowest BCUT2D eigenvalue weighted by Gasteiger charge is -2.17. The number of carboxylic acid groups (broad SMARTS) is 1. The quantitative estimate of drug-likeness (QED) is 0.790. The van der Waals surface area contributed by atoms with Gasteiger partial charge in [0.2, 0.25) is 5.91 Å². The van der Waals surface area contributed by atoms with Crippen molar-refractivity contribution in [2.45, 2.75) is 4.90 Å². The van der Waals surface area contributed by atoms with Gasteiger partial charge in [-0.2, -0.15) is 0 Å². The van der Waals surface area contributed by atoms with Crippen LogP contribution >= 0.6 is 11.8 Å². The van der Waals surface area contributed by atoms with Gasteiger partial charge >= 0.3 is 0 Å². The summed E-state index contributed by atoms with van der Waals surface area (Å²) in [6.45, 7) is 0. The molecule has 0 aliphatic rings. The van der Waals surface area contributed by atoms with E-state index < -0.39 is 5.97 Å². The molecule has 0 N–H and O–H groups in total. The molecule has 0 radical (unpaired) electrons. The van der Waals surface area contributed by atoms with Crippen molar-refractivity contribution in [1.82, 2.24) is 0 Å². The van der Waals surface area contributed by atoms with Gasteiger partial charge in [-0.25, -0.2) is 0 Å². The van der Waals surface area contributed by atoms with Gasteiger partial charge in [0.25, 0.3) is 0 Å². The largest absolute Gasteiger partial charge is 0.545 e. The number of benzene rings is 2. The van der Waals surface area contributed by atoms with E-state index in [1.54, 1.807) is 30.1 Å². The Bertz CT molecular complexity index is 643. The molecule has 0 spiro atoms. The van der Waals surface area contributed by atoms with Gasteiger partial charge in [-0.1, -0.05) is 36.4 Å². The topological polar surface area (TPSA) is 60.4 Å². The van der Waals surface area contributed by atoms with E-state index in [2.05, 4.69) is 0 Å². The first-order valence-corrected chi connectivity index (χ1v) is 7.33. The SMILES string of the molecule is CN(C(=O)CSc1ccccc1C(=O)[O-])c1ccccc1. The van der Waals surface area contributed by atoms with E-state index in [9.17, 15) is 14.7 Å². The van der Waals surface area contributed by atoms with Crippen molar-refractivity contribution in [3.05, 3.63) is 60.2 Å². The van der Waals surface area contributed by atoms with E-state index in [0.717, 1.165) is 5.69 Å². The minimum atomic E-state index is -1.23. The molecule has 5 heteroatoms. The van der Waals surface area contributed by atoms with Crippen LogP contribution < -0.4 is 10.0 Å². The van der Waals surface area contributed by atoms with Crippen molar-refractivity contribution in [2.75, 3.05) is 17.7 Å². The molecule has 0 atom stereocenters. The molecule has 2 aromatic rings. The molecule has 0 aliphatic heterocycles. The highest BCUT2D eigenvalue weighted by atomic mass is 32.2. The van der Waals surface area contributed by atoms with Crippen molar-refractivity contribution < 1.29 is 14.7 Å². The zero-order valence-electron chi connectivity index (χ0n) is 11.5. The van der Waals surface area contributed by atoms with Gasteiger partial charge in [-0.3, -0.25) is 4.79 Å². The van der Waals surface area contributed by atoms with E-state index >= 15 is 0 Å². The van der Waals surface area contributed by atoms with Crippen molar-refractivity contribution >= 4 is 29.3 Å². The van der Waals surface area contributed by atoms with Crippen LogP contribution in [-0.4, -0.2) is 24.7 Å². The third kappa shape index (κ3) is 3.86. The fourth-order valence-electron chi connectivity index (χ4n) is 1.79. The molecular formula is C16H14NO3S-. The molecule has 4 nitrogen and oxygen atoms in total. The molecule has 0 aromatic heterocycles. The Morgan fingerprint density at radius 1 is 1.05 bits per heavy atom. The fraction of sp³-hybridized carbons (Fsp3) is 0.125. The van der Waals surface area contributed by atoms with Crippen LogP contribution in [0.25, 0.3) is 0 Å². The van der Waals surface area contributed by atoms with E-state index in [-0.39, 0.29) is 17.2 Å². The summed E-state index contributed by atoms with van der Waals surface area (Å²) in [5.41, 5.74) is 0.911. The van der Waals surface area contributed by atoms with Crippen LogP contribution in [0.2, 0.25) is 0 Å². The number of nitrogens with zero attached hydrogens (tertiary/aromatic N) is 1. The van der Waals surface area contributed by atoms with Crippen LogP contribution in [-0.2, 0) is 4.79 Å². The number of thioether (sulfide) groups is 1. The van der Waals surface area contributed by atoms with Gasteiger partial charge in [0.15, 0.2) is 0 Å². The van der Waals surface area contributed by atoms with Crippen LogP contribution in [0.15, 0.2) is 59.5 Å². The number of amides is 1. The summed E-state index contributed by atoms with van der Waals surface area (Å²) in [6, 6.07) is 15.8. The summed E-state index contributed by atoms with van der Waals surface area (Å²) >= 11 is 1.19. The minimum Gasteiger partial charge on any atom is -0.545 e. The van der Waals surface area contributed by atoms with Gasteiger partial charge in [0, 0.05) is 23.2 Å². The van der Waals surface area contributed by atoms with Gasteiger partial charge in [0.1, 0.15) is 0 Å². The molecule has 0 heterocycles. The fourth-order valence-corrected chi connectivity index (χ4v) is 2.75. The van der Waals surface area contributed by atoms with Crippen LogP contribution in [0, 0.1) is 0 Å². The first-order valence-electron chi connectivity index (χ1n) is 6.34. The first-order chi connectivity index (χ1) is 10.1. The molecule has 0 saturated carbocycles. The molecule has 21 heavy (non-hydrogen) atoms. The minimum absolute atomic E-state index is 0.0978. The van der Waals surface area contributed by atoms with Crippen LogP contribution in [0.1, 0.15) is 10.4 Å². The molecule has 2 aromatic carbocycles. The third-order valence-corrected chi connectivity index (χ3v) is 4.03. The van der Waals surface area contributed by atoms with Crippen molar-refractivity contribution in [3.63, 3.8) is 0 Å². The Labute approximate surface area is 127 Å². The number of para-hydroxylation sites is 1. The summed E-state index contributed by atoms with van der Waals surface area (Å²) in [7, 11) is 1.70. The van der Waals surface area contributed by atoms with E-state index in [0.29, 0.717) is 4.90 Å². The summed E-state index contributed by atoms with van der Waals surface area (Å²) in [4.78, 5) is 25.2. The van der Waals surface area contributed by atoms with Crippen molar-refractivity contribution in [1.29, 1.82) is 0 Å². The predicted molar refractivity (Wildman–Crippen MR) is 81.3 cm³/mol. The number of anilines is 1. The Morgan fingerprint density at radius 2 is 1.67 bits per heavy atom.